The van der Waals surface area contributed by atoms with Crippen LogP contribution >= 0.6 is 11.6 Å². The van der Waals surface area contributed by atoms with Crippen molar-refractivity contribution in [2.24, 2.45) is 0 Å². The molecule has 0 aromatic heterocycles. The standard InChI is InChI=1S/C13H13ClN2O4/c1-3-20-10-6-7(4-8(14)11(10)19-2)5-9-12(17)16-13(18)15-9/h4-6H,3H2,1-2H3,(H2,15,16,17,18)/b9-5+. The number of ether oxygens (including phenoxy) is 2. The number of rotatable bonds is 4. The molecule has 0 atom stereocenters. The Morgan fingerprint density at radius 3 is 2.60 bits per heavy atom. The van der Waals surface area contributed by atoms with Crippen LogP contribution in [0.25, 0.3) is 6.08 Å². The van der Waals surface area contributed by atoms with Gasteiger partial charge in [-0.2, -0.15) is 0 Å². The van der Waals surface area contributed by atoms with E-state index in [4.69, 9.17) is 21.1 Å². The maximum Gasteiger partial charge on any atom is 0.326 e. The molecule has 0 spiro atoms. The van der Waals surface area contributed by atoms with Crippen LogP contribution in [0, 0.1) is 0 Å². The minimum absolute atomic E-state index is 0.152. The van der Waals surface area contributed by atoms with E-state index >= 15 is 0 Å². The second-order valence-electron chi connectivity index (χ2n) is 3.93. The quantitative estimate of drug-likeness (QED) is 0.657. The third-order valence-electron chi connectivity index (χ3n) is 2.57. The summed E-state index contributed by atoms with van der Waals surface area (Å²) in [6.07, 6.45) is 1.51. The van der Waals surface area contributed by atoms with Gasteiger partial charge in [0.15, 0.2) is 11.5 Å². The molecule has 0 radical (unpaired) electrons. The summed E-state index contributed by atoms with van der Waals surface area (Å²) in [6, 6.07) is 2.75. The van der Waals surface area contributed by atoms with Gasteiger partial charge in [-0.3, -0.25) is 10.1 Å². The van der Waals surface area contributed by atoms with Gasteiger partial charge < -0.3 is 14.8 Å². The number of carbonyl (C=O) groups excluding carboxylic acids is 2. The number of hydrogen-bond acceptors (Lipinski definition) is 4. The molecule has 0 bridgehead atoms. The van der Waals surface area contributed by atoms with Crippen LogP contribution in [0.2, 0.25) is 5.02 Å². The van der Waals surface area contributed by atoms with E-state index in [1.165, 1.54) is 13.2 Å². The van der Waals surface area contributed by atoms with Crippen molar-refractivity contribution in [2.75, 3.05) is 13.7 Å². The van der Waals surface area contributed by atoms with Gasteiger partial charge in [0, 0.05) is 0 Å². The molecule has 2 N–H and O–H groups in total. The van der Waals surface area contributed by atoms with Crippen molar-refractivity contribution in [3.63, 3.8) is 0 Å². The number of nitrogens with one attached hydrogen (secondary N) is 2. The summed E-state index contributed by atoms with van der Waals surface area (Å²) >= 11 is 6.10. The van der Waals surface area contributed by atoms with E-state index in [2.05, 4.69) is 10.6 Å². The minimum Gasteiger partial charge on any atom is -0.491 e. The molecule has 20 heavy (non-hydrogen) atoms. The van der Waals surface area contributed by atoms with E-state index < -0.39 is 11.9 Å². The van der Waals surface area contributed by atoms with E-state index in [1.807, 2.05) is 6.92 Å². The van der Waals surface area contributed by atoms with E-state index in [0.29, 0.717) is 28.7 Å². The van der Waals surface area contributed by atoms with Crippen LogP contribution in [0.4, 0.5) is 4.79 Å². The summed E-state index contributed by atoms with van der Waals surface area (Å²) in [4.78, 5) is 22.5. The summed E-state index contributed by atoms with van der Waals surface area (Å²) < 4.78 is 10.6. The lowest BCUT2D eigenvalue weighted by Gasteiger charge is -2.12. The van der Waals surface area contributed by atoms with Crippen LogP contribution in [0.15, 0.2) is 17.8 Å². The van der Waals surface area contributed by atoms with Crippen molar-refractivity contribution in [2.45, 2.75) is 6.92 Å². The zero-order valence-corrected chi connectivity index (χ0v) is 11.7. The number of amides is 3. The molecule has 1 aliphatic heterocycles. The molecular formula is C13H13ClN2O4. The number of carbonyl (C=O) groups is 2. The molecule has 1 saturated heterocycles. The molecule has 0 saturated carbocycles. The highest BCUT2D eigenvalue weighted by Gasteiger charge is 2.23. The first-order valence-electron chi connectivity index (χ1n) is 5.89. The lowest BCUT2D eigenvalue weighted by Crippen LogP contribution is -2.22. The second kappa shape index (κ2) is 5.83. The Kier molecular flexibility index (Phi) is 4.14. The summed E-state index contributed by atoms with van der Waals surface area (Å²) in [5.74, 6) is 0.412. The predicted molar refractivity (Wildman–Crippen MR) is 73.8 cm³/mol. The molecule has 6 nitrogen and oxygen atoms in total. The van der Waals surface area contributed by atoms with Gasteiger partial charge in [-0.25, -0.2) is 4.79 Å². The molecule has 1 aromatic carbocycles. The van der Waals surface area contributed by atoms with Crippen molar-refractivity contribution in [1.29, 1.82) is 0 Å². The highest BCUT2D eigenvalue weighted by molar-refractivity contribution is 6.32. The van der Waals surface area contributed by atoms with Gasteiger partial charge in [-0.05, 0) is 30.7 Å². The molecule has 7 heteroatoms. The van der Waals surface area contributed by atoms with Gasteiger partial charge in [0.1, 0.15) is 5.70 Å². The lowest BCUT2D eigenvalue weighted by atomic mass is 10.1. The maximum atomic E-state index is 11.5. The first-order chi connectivity index (χ1) is 9.55. The minimum atomic E-state index is -0.550. The fraction of sp³-hybridized carbons (Fsp3) is 0.231. The van der Waals surface area contributed by atoms with E-state index in [0.717, 1.165) is 0 Å². The largest absolute Gasteiger partial charge is 0.491 e. The number of methoxy groups -OCH3 is 1. The number of hydrogen-bond donors (Lipinski definition) is 2. The van der Waals surface area contributed by atoms with E-state index in [9.17, 15) is 9.59 Å². The summed E-state index contributed by atoms with van der Waals surface area (Å²) in [6.45, 7) is 2.28. The lowest BCUT2D eigenvalue weighted by molar-refractivity contribution is -0.115. The highest BCUT2D eigenvalue weighted by atomic mass is 35.5. The van der Waals surface area contributed by atoms with Crippen molar-refractivity contribution in [3.8, 4) is 11.5 Å². The van der Waals surface area contributed by atoms with E-state index in [1.54, 1.807) is 12.1 Å². The first kappa shape index (κ1) is 14.2. The van der Waals surface area contributed by atoms with E-state index in [-0.39, 0.29) is 5.70 Å². The fourth-order valence-corrected chi connectivity index (χ4v) is 2.08. The van der Waals surface area contributed by atoms with Crippen LogP contribution in [0.3, 0.4) is 0 Å². The zero-order chi connectivity index (χ0) is 14.7. The third kappa shape index (κ3) is 2.85. The van der Waals surface area contributed by atoms with Crippen molar-refractivity contribution in [3.05, 3.63) is 28.4 Å². The molecule has 1 aliphatic rings. The van der Waals surface area contributed by atoms with Crippen LogP contribution in [-0.4, -0.2) is 25.7 Å². The summed E-state index contributed by atoms with van der Waals surface area (Å²) in [5, 5.41) is 4.87. The Morgan fingerprint density at radius 2 is 2.05 bits per heavy atom. The van der Waals surface area contributed by atoms with Crippen molar-refractivity contribution in [1.82, 2.24) is 10.6 Å². The van der Waals surface area contributed by atoms with Crippen LogP contribution in [0.1, 0.15) is 12.5 Å². The van der Waals surface area contributed by atoms with Gasteiger partial charge in [-0.15, -0.1) is 0 Å². The van der Waals surface area contributed by atoms with Gasteiger partial charge in [-0.1, -0.05) is 11.6 Å². The molecule has 2 rings (SSSR count). The van der Waals surface area contributed by atoms with Crippen LogP contribution in [0.5, 0.6) is 11.5 Å². The molecule has 1 aromatic rings. The van der Waals surface area contributed by atoms with Crippen molar-refractivity contribution >= 4 is 29.6 Å². The Labute approximate surface area is 120 Å². The van der Waals surface area contributed by atoms with Gasteiger partial charge >= 0.3 is 6.03 Å². The SMILES string of the molecule is CCOc1cc(/C=C2/NC(=O)NC2=O)cc(Cl)c1OC. The molecule has 106 valence electrons. The molecular weight excluding hydrogens is 284 g/mol. The van der Waals surface area contributed by atoms with Crippen molar-refractivity contribution < 1.29 is 19.1 Å². The Hall–Kier alpha value is -2.21. The number of urea groups is 1. The number of halogens is 1. The zero-order valence-electron chi connectivity index (χ0n) is 11.0. The maximum absolute atomic E-state index is 11.5. The smallest absolute Gasteiger partial charge is 0.326 e. The molecule has 3 amide bonds. The number of imide groups is 1. The van der Waals surface area contributed by atoms with Crippen LogP contribution in [-0.2, 0) is 4.79 Å². The molecule has 1 fully saturated rings. The average molecular weight is 297 g/mol. The Balaban J connectivity index is 2.40. The molecule has 0 aliphatic carbocycles. The summed E-state index contributed by atoms with van der Waals surface area (Å²) in [7, 11) is 1.49. The average Bonchev–Trinajstić information content (AvgIpc) is 2.68. The monoisotopic (exact) mass is 296 g/mol. The van der Waals surface area contributed by atoms with Gasteiger partial charge in [0.2, 0.25) is 0 Å². The first-order valence-corrected chi connectivity index (χ1v) is 6.27. The third-order valence-corrected chi connectivity index (χ3v) is 2.85. The fourth-order valence-electron chi connectivity index (χ4n) is 1.78. The second-order valence-corrected chi connectivity index (χ2v) is 4.34. The Morgan fingerprint density at radius 1 is 1.30 bits per heavy atom. The topological polar surface area (TPSA) is 76.7 Å². The molecule has 1 heterocycles. The Bertz CT molecular complexity index is 598. The normalized spacial score (nSPS) is 16.1. The van der Waals surface area contributed by atoms with Gasteiger partial charge in [0.25, 0.3) is 5.91 Å². The highest BCUT2D eigenvalue weighted by Crippen LogP contribution is 2.36. The predicted octanol–water partition coefficient (Wildman–Crippen LogP) is 1.93. The summed E-state index contributed by atoms with van der Waals surface area (Å²) in [5.41, 5.74) is 0.769. The number of benzene rings is 1. The van der Waals surface area contributed by atoms with Crippen LogP contribution < -0.4 is 20.1 Å². The molecule has 0 unspecified atom stereocenters. The van der Waals surface area contributed by atoms with Gasteiger partial charge in [0.05, 0.1) is 18.7 Å².